The van der Waals surface area contributed by atoms with Crippen molar-refractivity contribution in [3.8, 4) is 56.6 Å². The minimum Gasteiger partial charge on any atom is -0.431 e. The number of benzene rings is 6. The van der Waals surface area contributed by atoms with Crippen LogP contribution in [0.4, 0.5) is 0 Å². The van der Waals surface area contributed by atoms with Crippen molar-refractivity contribution in [3.05, 3.63) is 140 Å². The highest BCUT2D eigenvalue weighted by Crippen LogP contribution is 2.48. The van der Waals surface area contributed by atoms with Gasteiger partial charge in [0.2, 0.25) is 0 Å². The number of nitrogens with zero attached hydrogens (tertiary/aromatic N) is 3. The number of aromatic nitrogens is 3. The molecule has 0 N–H and O–H groups in total. The van der Waals surface area contributed by atoms with Crippen LogP contribution in [-0.2, 0) is 0 Å². The predicted molar refractivity (Wildman–Crippen MR) is 175 cm³/mol. The molecule has 2 aromatic heterocycles. The second kappa shape index (κ2) is 9.75. The Balaban J connectivity index is 1.23. The van der Waals surface area contributed by atoms with Gasteiger partial charge in [-0.05, 0) is 85.8 Å². The van der Waals surface area contributed by atoms with Crippen molar-refractivity contribution in [2.24, 2.45) is 0 Å². The highest BCUT2D eigenvalue weighted by molar-refractivity contribution is 6.21. The number of hydrogen-bond donors (Lipinski definition) is 0. The van der Waals surface area contributed by atoms with E-state index < -0.39 is 0 Å². The number of ether oxygens (including phenoxy) is 2. The molecule has 0 saturated heterocycles. The zero-order valence-electron chi connectivity index (χ0n) is 23.4. The van der Waals surface area contributed by atoms with E-state index in [0.717, 1.165) is 49.6 Å². The van der Waals surface area contributed by atoms with Crippen molar-refractivity contribution in [1.82, 2.24) is 15.0 Å². The lowest BCUT2D eigenvalue weighted by Crippen LogP contribution is -2.03. The quantitative estimate of drug-likeness (QED) is 0.200. The average Bonchev–Trinajstić information content (AvgIpc) is 3.09. The van der Waals surface area contributed by atoms with E-state index >= 15 is 0 Å². The van der Waals surface area contributed by atoms with Crippen LogP contribution in [0.1, 0.15) is 0 Å². The summed E-state index contributed by atoms with van der Waals surface area (Å²) in [6.07, 6.45) is 3.71. The average molecular weight is 566 g/mol. The van der Waals surface area contributed by atoms with Gasteiger partial charge in [0.05, 0.1) is 11.0 Å². The third kappa shape index (κ3) is 3.91. The molecule has 0 radical (unpaired) electrons. The van der Waals surface area contributed by atoms with Gasteiger partial charge in [0.1, 0.15) is 0 Å². The van der Waals surface area contributed by atoms with Gasteiger partial charge in [0, 0.05) is 18.0 Å². The molecule has 0 unspecified atom stereocenters. The van der Waals surface area contributed by atoms with Crippen molar-refractivity contribution in [1.29, 1.82) is 0 Å². The van der Waals surface area contributed by atoms with Crippen LogP contribution < -0.4 is 9.47 Å². The Morgan fingerprint density at radius 3 is 1.57 bits per heavy atom. The molecule has 206 valence electrons. The molecule has 0 spiro atoms. The second-order valence-electron chi connectivity index (χ2n) is 10.9. The Bertz CT molecular complexity index is 2350. The predicted octanol–water partition coefficient (Wildman–Crippen LogP) is 10.2. The maximum absolute atomic E-state index is 6.32. The van der Waals surface area contributed by atoms with Gasteiger partial charge >= 0.3 is 0 Å². The van der Waals surface area contributed by atoms with E-state index in [2.05, 4.69) is 99.9 Å². The lowest BCUT2D eigenvalue weighted by Gasteiger charge is -2.21. The highest BCUT2D eigenvalue weighted by Gasteiger charge is 2.24. The summed E-state index contributed by atoms with van der Waals surface area (Å²) in [7, 11) is 0. The maximum Gasteiger partial charge on any atom is 0.284 e. The Morgan fingerprint density at radius 1 is 0.409 bits per heavy atom. The molecule has 9 rings (SSSR count). The van der Waals surface area contributed by atoms with Gasteiger partial charge in [0.15, 0.2) is 11.5 Å². The first-order valence-electron chi connectivity index (χ1n) is 14.5. The molecular weight excluding hydrogens is 542 g/mol. The summed E-state index contributed by atoms with van der Waals surface area (Å²) < 4.78 is 12.5. The number of rotatable bonds is 3. The number of fused-ring (bicyclic) bond motifs is 5. The summed E-state index contributed by atoms with van der Waals surface area (Å²) in [4.78, 5) is 13.6. The van der Waals surface area contributed by atoms with Crippen molar-refractivity contribution in [2.75, 3.05) is 0 Å². The molecule has 1 aliphatic heterocycles. The first-order valence-corrected chi connectivity index (χ1v) is 14.5. The monoisotopic (exact) mass is 565 g/mol. The summed E-state index contributed by atoms with van der Waals surface area (Å²) in [5.74, 6) is 1.97. The van der Waals surface area contributed by atoms with Crippen molar-refractivity contribution in [2.45, 2.75) is 0 Å². The van der Waals surface area contributed by atoms with Crippen LogP contribution in [0.3, 0.4) is 0 Å². The molecule has 0 atom stereocenters. The lowest BCUT2D eigenvalue weighted by molar-refractivity contribution is 0.339. The molecule has 3 heterocycles. The van der Waals surface area contributed by atoms with Crippen LogP contribution in [0.15, 0.2) is 140 Å². The minimum absolute atomic E-state index is 0.368. The molecule has 0 fully saturated rings. The Kier molecular flexibility index (Phi) is 5.43. The normalized spacial score (nSPS) is 12.0. The molecule has 5 heteroatoms. The summed E-state index contributed by atoms with van der Waals surface area (Å²) in [5, 5.41) is 4.69. The zero-order valence-corrected chi connectivity index (χ0v) is 23.4. The molecule has 44 heavy (non-hydrogen) atoms. The fourth-order valence-corrected chi connectivity index (χ4v) is 6.27. The standard InChI is InChI=1S/C39H23N3O2/c1-3-14-30-28(12-1)36(25-10-7-9-24(21-25)27-11-8-20-40-23-27)29-13-2-4-15-31(29)37(30)26-18-19-34-35(22-26)44-39-38(43-34)41-32-16-5-6-17-33(32)42-39/h1-23H. The lowest BCUT2D eigenvalue weighted by atomic mass is 9.85. The molecule has 6 aromatic carbocycles. The van der Waals surface area contributed by atoms with Crippen LogP contribution in [0.5, 0.6) is 23.3 Å². The molecule has 0 aliphatic carbocycles. The molecule has 0 amide bonds. The fraction of sp³-hybridized carbons (Fsp3) is 0. The van der Waals surface area contributed by atoms with E-state index in [4.69, 9.17) is 9.47 Å². The Labute approximate surface area is 253 Å². The van der Waals surface area contributed by atoms with Crippen molar-refractivity contribution >= 4 is 32.6 Å². The highest BCUT2D eigenvalue weighted by atomic mass is 16.6. The Hall–Kier alpha value is -6.07. The molecule has 5 nitrogen and oxygen atoms in total. The largest absolute Gasteiger partial charge is 0.431 e. The molecular formula is C39H23N3O2. The van der Waals surface area contributed by atoms with E-state index in [9.17, 15) is 0 Å². The smallest absolute Gasteiger partial charge is 0.284 e. The zero-order chi connectivity index (χ0) is 29.0. The Morgan fingerprint density at radius 2 is 0.955 bits per heavy atom. The van der Waals surface area contributed by atoms with Gasteiger partial charge in [-0.2, -0.15) is 0 Å². The molecule has 1 aliphatic rings. The molecule has 8 aromatic rings. The first kappa shape index (κ1) is 24.5. The third-order valence-electron chi connectivity index (χ3n) is 8.23. The van der Waals surface area contributed by atoms with Crippen LogP contribution in [0, 0.1) is 0 Å². The van der Waals surface area contributed by atoms with Crippen molar-refractivity contribution in [3.63, 3.8) is 0 Å². The van der Waals surface area contributed by atoms with E-state index in [0.29, 0.717) is 23.3 Å². The fourth-order valence-electron chi connectivity index (χ4n) is 6.27. The number of pyridine rings is 1. The van der Waals surface area contributed by atoms with E-state index in [-0.39, 0.29) is 0 Å². The van der Waals surface area contributed by atoms with E-state index in [1.807, 2.05) is 48.7 Å². The van der Waals surface area contributed by atoms with Crippen molar-refractivity contribution < 1.29 is 9.47 Å². The summed E-state index contributed by atoms with van der Waals surface area (Å²) in [5.41, 5.74) is 8.30. The topological polar surface area (TPSA) is 57.1 Å². The van der Waals surface area contributed by atoms with E-state index in [1.54, 1.807) is 6.20 Å². The second-order valence-corrected chi connectivity index (χ2v) is 10.9. The van der Waals surface area contributed by atoms with Gasteiger partial charge in [-0.3, -0.25) is 4.98 Å². The number of hydrogen-bond acceptors (Lipinski definition) is 5. The van der Waals surface area contributed by atoms with Crippen LogP contribution in [-0.4, -0.2) is 15.0 Å². The van der Waals surface area contributed by atoms with Gasteiger partial charge in [-0.15, -0.1) is 0 Å². The van der Waals surface area contributed by atoms with Gasteiger partial charge in [-0.25, -0.2) is 9.97 Å². The third-order valence-corrected chi connectivity index (χ3v) is 8.23. The summed E-state index contributed by atoms with van der Waals surface area (Å²) in [6.45, 7) is 0. The first-order chi connectivity index (χ1) is 21.8. The summed E-state index contributed by atoms with van der Waals surface area (Å²) in [6, 6.07) is 43.9. The van der Waals surface area contributed by atoms with Gasteiger partial charge < -0.3 is 9.47 Å². The van der Waals surface area contributed by atoms with Crippen LogP contribution >= 0.6 is 0 Å². The molecule has 0 bridgehead atoms. The van der Waals surface area contributed by atoms with Crippen LogP contribution in [0.25, 0.3) is 66.0 Å². The van der Waals surface area contributed by atoms with E-state index in [1.165, 1.54) is 16.3 Å². The van der Waals surface area contributed by atoms with Gasteiger partial charge in [0.25, 0.3) is 11.8 Å². The minimum atomic E-state index is 0.368. The number of para-hydroxylation sites is 2. The van der Waals surface area contributed by atoms with Crippen LogP contribution in [0.2, 0.25) is 0 Å². The maximum atomic E-state index is 6.32. The van der Waals surface area contributed by atoms with Gasteiger partial charge in [-0.1, -0.05) is 91.0 Å². The summed E-state index contributed by atoms with van der Waals surface area (Å²) >= 11 is 0. The molecule has 0 saturated carbocycles. The SMILES string of the molecule is c1cncc(-c2cccc(-c3c4ccccc4c(-c4ccc5c(c4)Oc4nc6ccccc6nc4O5)c4ccccc34)c2)c1.